The molecule has 0 aliphatic rings. The largest absolute Gasteiger partial charge is 0.368 e. The van der Waals surface area contributed by atoms with Gasteiger partial charge in [0.25, 0.3) is 0 Å². The van der Waals surface area contributed by atoms with E-state index in [-0.39, 0.29) is 10.5 Å². The fourth-order valence-corrected chi connectivity index (χ4v) is 4.65. The number of rotatable bonds is 7. The highest BCUT2D eigenvalue weighted by Crippen LogP contribution is 2.30. The second kappa shape index (κ2) is 8.73. The molecule has 0 radical (unpaired) electrons. The van der Waals surface area contributed by atoms with Crippen LogP contribution in [0.25, 0.3) is 0 Å². The Kier molecular flexibility index (Phi) is 6.32. The van der Waals surface area contributed by atoms with E-state index in [0.29, 0.717) is 10.6 Å². The summed E-state index contributed by atoms with van der Waals surface area (Å²) < 4.78 is 40.1. The number of hydrogen-bond donors (Lipinski definition) is 2. The average Bonchev–Trinajstić information content (AvgIpc) is 2.70. The van der Waals surface area contributed by atoms with Crippen molar-refractivity contribution in [3.05, 3.63) is 101 Å². The third kappa shape index (κ3) is 4.82. The number of carbonyl (C=O) groups excluding carboxylic acids is 1. The van der Waals surface area contributed by atoms with Gasteiger partial charge in [0.2, 0.25) is 5.91 Å². The van der Waals surface area contributed by atoms with Gasteiger partial charge in [-0.1, -0.05) is 54.1 Å². The van der Waals surface area contributed by atoms with Crippen molar-refractivity contribution in [1.82, 2.24) is 5.32 Å². The lowest BCUT2D eigenvalue weighted by Gasteiger charge is -2.25. The molecule has 0 spiro atoms. The molecule has 3 N–H and O–H groups in total. The molecule has 3 aromatic carbocycles. The van der Waals surface area contributed by atoms with Gasteiger partial charge in [-0.15, -0.1) is 0 Å². The number of halogens is 2. The molecule has 29 heavy (non-hydrogen) atoms. The zero-order valence-electron chi connectivity index (χ0n) is 15.1. The Hall–Kier alpha value is -2.74. The number of sulfone groups is 1. The van der Waals surface area contributed by atoms with Crippen LogP contribution in [0.5, 0.6) is 0 Å². The minimum Gasteiger partial charge on any atom is -0.368 e. The van der Waals surface area contributed by atoms with Gasteiger partial charge in [0.15, 0.2) is 9.84 Å². The lowest BCUT2D eigenvalue weighted by Crippen LogP contribution is -2.39. The van der Waals surface area contributed by atoms with E-state index in [1.54, 1.807) is 30.3 Å². The Bertz CT molecular complexity index is 1090. The van der Waals surface area contributed by atoms with Crippen LogP contribution in [0, 0.1) is 5.82 Å². The molecular weight excluding hydrogens is 415 g/mol. The monoisotopic (exact) mass is 432 g/mol. The molecule has 0 aliphatic heterocycles. The first-order valence-corrected chi connectivity index (χ1v) is 10.6. The number of carbonyl (C=O) groups is 1. The molecule has 2 atom stereocenters. The van der Waals surface area contributed by atoms with Crippen molar-refractivity contribution in [3.8, 4) is 0 Å². The molecule has 0 fully saturated rings. The first kappa shape index (κ1) is 21.0. The summed E-state index contributed by atoms with van der Waals surface area (Å²) in [5.74, 6) is -1.25. The summed E-state index contributed by atoms with van der Waals surface area (Å²) in [5.41, 5.74) is 6.33. The number of primary amides is 1. The third-order valence-corrected chi connectivity index (χ3v) is 6.57. The highest BCUT2D eigenvalue weighted by atomic mass is 35.5. The Morgan fingerprint density at radius 2 is 1.48 bits per heavy atom. The molecule has 150 valence electrons. The summed E-state index contributed by atoms with van der Waals surface area (Å²) >= 11 is 5.87. The fourth-order valence-electron chi connectivity index (χ4n) is 2.90. The van der Waals surface area contributed by atoms with E-state index < -0.39 is 33.0 Å². The smallest absolute Gasteiger partial charge is 0.239 e. The molecule has 3 rings (SSSR count). The summed E-state index contributed by atoms with van der Waals surface area (Å²) in [6.45, 7) is 0. The van der Waals surface area contributed by atoms with Crippen molar-refractivity contribution in [2.45, 2.75) is 16.3 Å². The number of hydrogen-bond acceptors (Lipinski definition) is 4. The van der Waals surface area contributed by atoms with E-state index in [4.69, 9.17) is 17.3 Å². The Morgan fingerprint density at radius 3 is 2.03 bits per heavy atom. The van der Waals surface area contributed by atoms with Crippen molar-refractivity contribution < 1.29 is 17.6 Å². The summed E-state index contributed by atoms with van der Waals surface area (Å²) in [6, 6.07) is 18.1. The Balaban J connectivity index is 2.09. The number of nitrogens with two attached hydrogens (primary N) is 1. The summed E-state index contributed by atoms with van der Waals surface area (Å²) in [4.78, 5) is 12.1. The molecule has 8 heteroatoms. The quantitative estimate of drug-likeness (QED) is 0.594. The molecule has 0 heterocycles. The number of nitrogens with one attached hydrogen (secondary N) is 1. The summed E-state index contributed by atoms with van der Waals surface area (Å²) in [5, 5.41) is 1.88. The summed E-state index contributed by atoms with van der Waals surface area (Å²) in [7, 11) is -4.02. The topological polar surface area (TPSA) is 89.3 Å². The van der Waals surface area contributed by atoms with Gasteiger partial charge >= 0.3 is 0 Å². The summed E-state index contributed by atoms with van der Waals surface area (Å²) in [6.07, 6.45) is 0. The molecule has 0 saturated heterocycles. The molecule has 0 saturated carbocycles. The predicted octanol–water partition coefficient (Wildman–Crippen LogP) is 3.77. The fraction of sp³-hybridized carbons (Fsp3) is 0.0952. The highest BCUT2D eigenvalue weighted by molar-refractivity contribution is 7.91. The van der Waals surface area contributed by atoms with Crippen LogP contribution in [0.3, 0.4) is 0 Å². The molecule has 5 nitrogen and oxygen atoms in total. The molecule has 3 aromatic rings. The van der Waals surface area contributed by atoms with Crippen molar-refractivity contribution in [1.29, 1.82) is 0 Å². The van der Waals surface area contributed by atoms with Gasteiger partial charge < -0.3 is 5.73 Å². The molecular formula is C21H18ClFN2O3S. The minimum absolute atomic E-state index is 0.00000656. The van der Waals surface area contributed by atoms with Crippen LogP contribution in [0.2, 0.25) is 5.02 Å². The lowest BCUT2D eigenvalue weighted by molar-refractivity contribution is -0.120. The van der Waals surface area contributed by atoms with Gasteiger partial charge in [-0.05, 0) is 47.5 Å². The second-order valence-electron chi connectivity index (χ2n) is 6.34. The van der Waals surface area contributed by atoms with Crippen LogP contribution >= 0.6 is 11.6 Å². The van der Waals surface area contributed by atoms with Crippen LogP contribution in [0.4, 0.5) is 4.39 Å². The van der Waals surface area contributed by atoms with Crippen molar-refractivity contribution in [2.24, 2.45) is 5.73 Å². The maximum absolute atomic E-state index is 13.4. The van der Waals surface area contributed by atoms with E-state index in [0.717, 1.165) is 12.1 Å². The van der Waals surface area contributed by atoms with Crippen molar-refractivity contribution >= 4 is 27.3 Å². The van der Waals surface area contributed by atoms with Gasteiger partial charge in [0.1, 0.15) is 17.2 Å². The lowest BCUT2D eigenvalue weighted by atomic mass is 10.1. The van der Waals surface area contributed by atoms with E-state index in [2.05, 4.69) is 5.32 Å². The zero-order chi connectivity index (χ0) is 21.0. The van der Waals surface area contributed by atoms with Crippen LogP contribution in [0.1, 0.15) is 22.5 Å². The van der Waals surface area contributed by atoms with Crippen molar-refractivity contribution in [2.75, 3.05) is 0 Å². The maximum atomic E-state index is 13.4. The van der Waals surface area contributed by atoms with E-state index in [1.165, 1.54) is 36.4 Å². The standard InChI is InChI=1S/C21H18ClFN2O3S/c22-16-8-12-18(13-9-16)29(27,28)21(15-6-10-17(23)11-7-15)25-19(20(24)26)14-4-2-1-3-5-14/h1-13,19,21,25H,(H2,24,26)/t19?,21-/m1/s1. The van der Waals surface area contributed by atoms with Crippen LogP contribution in [-0.4, -0.2) is 14.3 Å². The van der Waals surface area contributed by atoms with Gasteiger partial charge in [-0.25, -0.2) is 12.8 Å². The predicted molar refractivity (Wildman–Crippen MR) is 109 cm³/mol. The zero-order valence-corrected chi connectivity index (χ0v) is 16.7. The molecule has 1 unspecified atom stereocenters. The maximum Gasteiger partial charge on any atom is 0.239 e. The molecule has 0 aromatic heterocycles. The molecule has 1 amide bonds. The van der Waals surface area contributed by atoms with Crippen LogP contribution in [0.15, 0.2) is 83.8 Å². The number of benzene rings is 3. The van der Waals surface area contributed by atoms with Crippen LogP contribution in [-0.2, 0) is 14.6 Å². The highest BCUT2D eigenvalue weighted by Gasteiger charge is 2.33. The van der Waals surface area contributed by atoms with Gasteiger partial charge in [-0.3, -0.25) is 10.1 Å². The molecule has 0 bridgehead atoms. The first-order valence-electron chi connectivity index (χ1n) is 8.64. The third-order valence-electron chi connectivity index (χ3n) is 4.36. The SMILES string of the molecule is NC(=O)C(N[C@@H](c1ccc(F)cc1)S(=O)(=O)c1ccc(Cl)cc1)c1ccccc1. The normalized spacial score (nSPS) is 13.6. The Morgan fingerprint density at radius 1 is 0.897 bits per heavy atom. The average molecular weight is 433 g/mol. The first-order chi connectivity index (χ1) is 13.8. The van der Waals surface area contributed by atoms with E-state index in [1.807, 2.05) is 0 Å². The van der Waals surface area contributed by atoms with E-state index in [9.17, 15) is 17.6 Å². The van der Waals surface area contributed by atoms with Gasteiger partial charge in [-0.2, -0.15) is 0 Å². The number of amides is 1. The molecule has 0 aliphatic carbocycles. The Labute approximate surface area is 173 Å². The van der Waals surface area contributed by atoms with Gasteiger partial charge in [0, 0.05) is 5.02 Å². The minimum atomic E-state index is -4.02. The van der Waals surface area contributed by atoms with E-state index >= 15 is 0 Å². The van der Waals surface area contributed by atoms with Crippen molar-refractivity contribution in [3.63, 3.8) is 0 Å². The van der Waals surface area contributed by atoms with Gasteiger partial charge in [0.05, 0.1) is 4.90 Å². The second-order valence-corrected chi connectivity index (χ2v) is 8.81. The van der Waals surface area contributed by atoms with Crippen LogP contribution < -0.4 is 11.1 Å².